The van der Waals surface area contributed by atoms with Gasteiger partial charge in [-0.15, -0.1) is 0 Å². The van der Waals surface area contributed by atoms with Gasteiger partial charge in [-0.05, 0) is 33.8 Å². The number of aryl methyl sites for hydroxylation is 1. The van der Waals surface area contributed by atoms with Crippen LogP contribution in [0.3, 0.4) is 0 Å². The number of hydrogen-bond acceptors (Lipinski definition) is 5. The molecule has 25 heavy (non-hydrogen) atoms. The molecule has 2 rings (SSSR count). The smallest absolute Gasteiger partial charge is 0.410 e. The normalized spacial score (nSPS) is 15.1. The highest BCUT2D eigenvalue weighted by molar-refractivity contribution is 6.29. The number of pyridine rings is 1. The van der Waals surface area contributed by atoms with Crippen molar-refractivity contribution >= 4 is 17.7 Å². The average molecular weight is 373 g/mol. The second-order valence-electron chi connectivity index (χ2n) is 6.41. The van der Waals surface area contributed by atoms with Gasteiger partial charge < -0.3 is 9.64 Å². The van der Waals surface area contributed by atoms with Crippen LogP contribution in [0.25, 0.3) is 11.3 Å². The van der Waals surface area contributed by atoms with Crippen LogP contribution >= 0.6 is 11.6 Å². The van der Waals surface area contributed by atoms with Crippen molar-refractivity contribution in [3.63, 3.8) is 0 Å². The molecule has 1 unspecified atom stereocenters. The molecule has 0 N–H and O–H groups in total. The zero-order valence-corrected chi connectivity index (χ0v) is 15.3. The lowest BCUT2D eigenvalue weighted by atomic mass is 10.1. The number of ether oxygens (including phenoxy) is 1. The van der Waals surface area contributed by atoms with Crippen molar-refractivity contribution < 1.29 is 18.0 Å². The molecule has 2 aromatic heterocycles. The zero-order valence-electron chi connectivity index (χ0n) is 17.5. The molecule has 9 heteroatoms. The Morgan fingerprint density at radius 2 is 2.16 bits per heavy atom. The van der Waals surface area contributed by atoms with E-state index in [1.165, 1.54) is 26.2 Å². The first-order valence-corrected chi connectivity index (χ1v) is 7.84. The second-order valence-corrected chi connectivity index (χ2v) is 6.77. The van der Waals surface area contributed by atoms with Gasteiger partial charge in [0.05, 0.1) is 6.04 Å². The highest BCUT2D eigenvalue weighted by atomic mass is 35.5. The first-order chi connectivity index (χ1) is 12.7. The van der Waals surface area contributed by atoms with Crippen LogP contribution in [0.1, 0.15) is 43.5 Å². The van der Waals surface area contributed by atoms with Crippen molar-refractivity contribution in [2.45, 2.75) is 39.3 Å². The summed E-state index contributed by atoms with van der Waals surface area (Å²) in [7, 11) is 1.49. The van der Waals surface area contributed by atoms with E-state index < -0.39 is 30.5 Å². The zero-order chi connectivity index (χ0) is 21.4. The Hall–Kier alpha value is -2.22. The fourth-order valence-corrected chi connectivity index (χ4v) is 2.25. The number of hydrogen-bond donors (Lipinski definition) is 0. The number of amides is 1. The molecule has 0 aromatic carbocycles. The second kappa shape index (κ2) is 6.95. The monoisotopic (exact) mass is 372 g/mol. The van der Waals surface area contributed by atoms with Gasteiger partial charge in [0, 0.05) is 29.9 Å². The summed E-state index contributed by atoms with van der Waals surface area (Å²) in [5, 5.41) is 7.91. The molecule has 2 heterocycles. The van der Waals surface area contributed by atoms with Gasteiger partial charge in [0.1, 0.15) is 17.0 Å². The first kappa shape index (κ1) is 15.1. The molecular weight excluding hydrogens is 349 g/mol. The van der Waals surface area contributed by atoms with Gasteiger partial charge in [0.2, 0.25) is 0 Å². The Morgan fingerprint density at radius 1 is 1.48 bits per heavy atom. The van der Waals surface area contributed by atoms with Crippen LogP contribution in [0.15, 0.2) is 12.3 Å². The Bertz CT molecular complexity index is 882. The van der Waals surface area contributed by atoms with Gasteiger partial charge in [0.25, 0.3) is 0 Å². The largest absolute Gasteiger partial charge is 0.444 e. The molecule has 0 aliphatic carbocycles. The molecule has 0 bridgehead atoms. The van der Waals surface area contributed by atoms with E-state index in [0.717, 1.165) is 4.80 Å². The van der Waals surface area contributed by atoms with Gasteiger partial charge in [0.15, 0.2) is 11.0 Å². The van der Waals surface area contributed by atoms with Gasteiger partial charge >= 0.3 is 6.09 Å². The molecule has 1 atom stereocenters. The molecular formula is C16H21ClFN5O2. The summed E-state index contributed by atoms with van der Waals surface area (Å²) in [5.74, 6) is -0.823. The molecule has 0 aliphatic rings. The van der Waals surface area contributed by atoms with E-state index in [1.54, 1.807) is 20.8 Å². The standard InChI is InChI=1S/C16H21ClFN5O2/c1-9(22(5)15(24)25-16(2,3)4)12-13(21-23(6)20-12)10-7-8-19-14(17)11(10)18/h7-9H,1-6H3/i5D3. The van der Waals surface area contributed by atoms with Gasteiger partial charge in [-0.1, -0.05) is 11.6 Å². The Balaban J connectivity index is 2.56. The van der Waals surface area contributed by atoms with Crippen molar-refractivity contribution in [1.82, 2.24) is 24.9 Å². The molecule has 0 spiro atoms. The number of halogens is 2. The number of nitrogens with zero attached hydrogens (tertiary/aromatic N) is 5. The third kappa shape index (κ3) is 4.25. The van der Waals surface area contributed by atoms with E-state index in [9.17, 15) is 9.18 Å². The molecule has 1 amide bonds. The number of carbonyl (C=O) groups is 1. The van der Waals surface area contributed by atoms with E-state index in [0.29, 0.717) is 4.90 Å². The SMILES string of the molecule is [2H]C([2H])([2H])N(C(=O)OC(C)(C)C)C(C)c1nn(C)nc1-c1ccnc(Cl)c1F. The Morgan fingerprint density at radius 3 is 2.76 bits per heavy atom. The topological polar surface area (TPSA) is 73.1 Å². The van der Waals surface area contributed by atoms with Crippen LogP contribution in [0.2, 0.25) is 5.15 Å². The molecule has 0 aliphatic heterocycles. The lowest BCUT2D eigenvalue weighted by molar-refractivity contribution is 0.0230. The maximum atomic E-state index is 14.5. The van der Waals surface area contributed by atoms with Gasteiger partial charge in [-0.2, -0.15) is 15.0 Å². The van der Waals surface area contributed by atoms with Gasteiger partial charge in [-0.3, -0.25) is 0 Å². The third-order valence-electron chi connectivity index (χ3n) is 3.21. The van der Waals surface area contributed by atoms with E-state index >= 15 is 0 Å². The predicted molar refractivity (Wildman–Crippen MR) is 91.6 cm³/mol. The molecule has 0 radical (unpaired) electrons. The molecule has 2 aromatic rings. The van der Waals surface area contributed by atoms with Crippen LogP contribution in [-0.4, -0.2) is 43.5 Å². The summed E-state index contributed by atoms with van der Waals surface area (Å²) >= 11 is 5.75. The highest BCUT2D eigenvalue weighted by Crippen LogP contribution is 2.31. The van der Waals surface area contributed by atoms with E-state index in [-0.39, 0.29) is 22.1 Å². The molecule has 136 valence electrons. The van der Waals surface area contributed by atoms with Crippen molar-refractivity contribution in [1.29, 1.82) is 0 Å². The van der Waals surface area contributed by atoms with E-state index in [1.807, 2.05) is 0 Å². The van der Waals surface area contributed by atoms with Crippen LogP contribution in [-0.2, 0) is 11.8 Å². The number of rotatable bonds is 3. The average Bonchev–Trinajstić information content (AvgIpc) is 2.88. The van der Waals surface area contributed by atoms with Crippen LogP contribution < -0.4 is 0 Å². The predicted octanol–water partition coefficient (Wildman–Crippen LogP) is 3.60. The molecule has 0 saturated heterocycles. The quantitative estimate of drug-likeness (QED) is 0.769. The summed E-state index contributed by atoms with van der Waals surface area (Å²) in [4.78, 5) is 18.0. The molecule has 7 nitrogen and oxygen atoms in total. The van der Waals surface area contributed by atoms with E-state index in [2.05, 4.69) is 15.2 Å². The fourth-order valence-electron chi connectivity index (χ4n) is 2.09. The van der Waals surface area contributed by atoms with E-state index in [4.69, 9.17) is 20.5 Å². The van der Waals surface area contributed by atoms with Crippen LogP contribution in [0.5, 0.6) is 0 Å². The third-order valence-corrected chi connectivity index (χ3v) is 3.48. The fraction of sp³-hybridized carbons (Fsp3) is 0.500. The Labute approximate surface area is 155 Å². The maximum Gasteiger partial charge on any atom is 0.410 e. The number of carbonyl (C=O) groups excluding carboxylic acids is 1. The minimum absolute atomic E-state index is 0.00960. The maximum absolute atomic E-state index is 14.5. The summed E-state index contributed by atoms with van der Waals surface area (Å²) < 4.78 is 43.0. The van der Waals surface area contributed by atoms with Crippen molar-refractivity contribution in [3.05, 3.63) is 28.9 Å². The molecule has 0 fully saturated rings. The van der Waals surface area contributed by atoms with Crippen LogP contribution in [0, 0.1) is 5.82 Å². The number of aromatic nitrogens is 4. The minimum Gasteiger partial charge on any atom is -0.444 e. The first-order valence-electron chi connectivity index (χ1n) is 8.96. The van der Waals surface area contributed by atoms with Crippen molar-refractivity contribution in [3.8, 4) is 11.3 Å². The summed E-state index contributed by atoms with van der Waals surface area (Å²) in [6.07, 6.45) is 0.240. The highest BCUT2D eigenvalue weighted by Gasteiger charge is 2.29. The summed E-state index contributed by atoms with van der Waals surface area (Å²) in [6, 6.07) is 0.242. The lowest BCUT2D eigenvalue weighted by Gasteiger charge is -2.28. The summed E-state index contributed by atoms with van der Waals surface area (Å²) in [5.41, 5.74) is -0.791. The Kier molecular flexibility index (Phi) is 4.19. The molecule has 0 saturated carbocycles. The minimum atomic E-state index is -2.83. The van der Waals surface area contributed by atoms with Gasteiger partial charge in [-0.25, -0.2) is 14.2 Å². The summed E-state index contributed by atoms with van der Waals surface area (Å²) in [6.45, 7) is 3.48. The van der Waals surface area contributed by atoms with Crippen molar-refractivity contribution in [2.24, 2.45) is 7.05 Å². The van der Waals surface area contributed by atoms with Crippen LogP contribution in [0.4, 0.5) is 9.18 Å². The van der Waals surface area contributed by atoms with Crippen molar-refractivity contribution in [2.75, 3.05) is 6.98 Å². The lowest BCUT2D eigenvalue weighted by Crippen LogP contribution is -2.36.